The molecule has 0 aliphatic rings. The largest absolute Gasteiger partial charge is 0.147 e. The first-order chi connectivity index (χ1) is 0. The summed E-state index contributed by atoms with van der Waals surface area (Å²) < 4.78 is 0. The first-order valence-electron chi connectivity index (χ1n) is 0. The van der Waals surface area contributed by atoms with E-state index in [1.165, 1.54) is 0 Å². The van der Waals surface area contributed by atoms with Crippen LogP contribution in [0.15, 0.2) is 0 Å². The van der Waals surface area contributed by atoms with Crippen LogP contribution in [-0.4, -0.2) is 0 Å². The molecule has 0 saturated carbocycles. The van der Waals surface area contributed by atoms with Gasteiger partial charge < -0.3 is 0 Å². The molecular weight excluding hydrogens is 129 g/mol. The van der Waals surface area contributed by atoms with Gasteiger partial charge in [-0.3, -0.25) is 0 Å². The Morgan fingerprint density at radius 2 is 1.00 bits per heavy atom. The maximum absolute atomic E-state index is 0. The van der Waals surface area contributed by atoms with Gasteiger partial charge in [0, 0.05) is 32.4 Å². The molecule has 0 amide bonds. The summed E-state index contributed by atoms with van der Waals surface area (Å²) in [5.41, 5.74) is 0. The van der Waals surface area contributed by atoms with Crippen LogP contribution in [0.2, 0.25) is 0 Å². The summed E-state index contributed by atoms with van der Waals surface area (Å²) in [5, 5.41) is 0. The number of rotatable bonds is 0. The van der Waals surface area contributed by atoms with Crippen LogP contribution in [0.5, 0.6) is 0 Å². The second-order valence-electron chi connectivity index (χ2n) is 0. The molecule has 0 rings (SSSR count). The van der Waals surface area contributed by atoms with Gasteiger partial charge in [0.1, 0.15) is 0 Å². The fraction of sp³-hybridized carbons (Fsp3) is 0. The fourth-order valence-electron chi connectivity index (χ4n) is 0. The number of halogens is 1. The zero-order valence-corrected chi connectivity index (χ0v) is 5.81. The van der Waals surface area contributed by atoms with E-state index < -0.39 is 0 Å². The molecule has 0 N–H and O–H groups in total. The molecular formula is CHClOZn. The minimum atomic E-state index is 0. The van der Waals surface area contributed by atoms with Gasteiger partial charge in [-0.25, -0.2) is 0 Å². The van der Waals surface area contributed by atoms with E-state index in [1.807, 2.05) is 0 Å². The second-order valence-corrected chi connectivity index (χ2v) is 0. The molecule has 0 aromatic heterocycles. The van der Waals surface area contributed by atoms with E-state index in [2.05, 4.69) is 0 Å². The van der Waals surface area contributed by atoms with Gasteiger partial charge >= 0.3 is 0 Å². The minimum Gasteiger partial charge on any atom is -0.147 e. The zero-order valence-electron chi connectivity index (χ0n) is 2.02. The van der Waals surface area contributed by atoms with E-state index in [1.54, 1.807) is 0 Å². The van der Waals surface area contributed by atoms with E-state index in [-0.39, 0.29) is 44.8 Å². The van der Waals surface area contributed by atoms with Crippen molar-refractivity contribution in [3.63, 3.8) is 0 Å². The van der Waals surface area contributed by atoms with Gasteiger partial charge in [-0.15, -0.1) is 12.4 Å². The third kappa shape index (κ3) is 13.2. The van der Waals surface area contributed by atoms with Crippen LogP contribution in [0, 0.1) is 7.43 Å². The predicted molar refractivity (Wildman–Crippen MR) is 11.2 cm³/mol. The summed E-state index contributed by atoms with van der Waals surface area (Å²) in [5.74, 6) is 0. The fourth-order valence-corrected chi connectivity index (χ4v) is 0. The van der Waals surface area contributed by atoms with Gasteiger partial charge in [0.15, 0.2) is 0 Å². The molecule has 0 aliphatic heterocycles. The van der Waals surface area contributed by atoms with Gasteiger partial charge in [-0.1, -0.05) is 0 Å². The Morgan fingerprint density at radius 3 is 1.00 bits per heavy atom. The van der Waals surface area contributed by atoms with Crippen molar-refractivity contribution in [3.05, 3.63) is 7.43 Å². The molecule has 6 radical (unpaired) electrons. The zero-order chi connectivity index (χ0) is 0. The van der Waals surface area contributed by atoms with E-state index in [0.717, 1.165) is 0 Å². The van der Waals surface area contributed by atoms with E-state index >= 15 is 0 Å². The van der Waals surface area contributed by atoms with Crippen molar-refractivity contribution in [3.8, 4) is 0 Å². The van der Waals surface area contributed by atoms with Crippen LogP contribution in [0.3, 0.4) is 0 Å². The third-order valence-electron chi connectivity index (χ3n) is 0. The maximum Gasteiger partial charge on any atom is 0 e. The van der Waals surface area contributed by atoms with Crippen molar-refractivity contribution in [1.29, 1.82) is 0 Å². The number of hydrogen-bond acceptors (Lipinski definition) is 0. The topological polar surface area (TPSA) is 28.5 Å². The van der Waals surface area contributed by atoms with E-state index in [0.29, 0.717) is 0 Å². The SMILES string of the molecule is Cl.[C].[O].[Zn]. The maximum atomic E-state index is 0. The average molecular weight is 130 g/mol. The van der Waals surface area contributed by atoms with Crippen molar-refractivity contribution in [2.75, 3.05) is 0 Å². The summed E-state index contributed by atoms with van der Waals surface area (Å²) >= 11 is 0. The van der Waals surface area contributed by atoms with Crippen LogP contribution >= 0.6 is 12.4 Å². The first kappa shape index (κ1) is 95.9. The summed E-state index contributed by atoms with van der Waals surface area (Å²) in [7, 11) is 0. The molecule has 20 valence electrons. The van der Waals surface area contributed by atoms with Gasteiger partial charge in [-0.2, -0.15) is 0 Å². The van der Waals surface area contributed by atoms with Gasteiger partial charge in [0.25, 0.3) is 0 Å². The Labute approximate surface area is 45.3 Å². The second kappa shape index (κ2) is 41.9. The predicted octanol–water partition coefficient (Wildman–Crippen LogP) is 0.382. The van der Waals surface area contributed by atoms with Crippen molar-refractivity contribution in [2.24, 2.45) is 0 Å². The Kier molecular flexibility index (Phi) is 1000. The molecule has 0 aliphatic carbocycles. The molecule has 0 heterocycles. The van der Waals surface area contributed by atoms with E-state index in [4.69, 9.17) is 0 Å². The smallest absolute Gasteiger partial charge is 0 e. The summed E-state index contributed by atoms with van der Waals surface area (Å²) in [6.07, 6.45) is 0. The van der Waals surface area contributed by atoms with Gasteiger partial charge in [-0.05, 0) is 0 Å². The molecule has 0 spiro atoms. The molecule has 0 aromatic rings. The molecule has 0 aromatic carbocycles. The third-order valence-corrected chi connectivity index (χ3v) is 0. The van der Waals surface area contributed by atoms with Crippen molar-refractivity contribution < 1.29 is 25.0 Å². The first-order valence-corrected chi connectivity index (χ1v) is 0. The Balaban J connectivity index is 0. The molecule has 4 heavy (non-hydrogen) atoms. The quantitative estimate of drug-likeness (QED) is 0.424. The summed E-state index contributed by atoms with van der Waals surface area (Å²) in [4.78, 5) is 0. The van der Waals surface area contributed by atoms with Crippen LogP contribution < -0.4 is 0 Å². The van der Waals surface area contributed by atoms with Crippen LogP contribution in [-0.2, 0) is 25.0 Å². The Morgan fingerprint density at radius 1 is 1.00 bits per heavy atom. The van der Waals surface area contributed by atoms with Gasteiger partial charge in [0.05, 0.1) is 0 Å². The molecule has 1 nitrogen and oxygen atoms in total. The summed E-state index contributed by atoms with van der Waals surface area (Å²) in [6, 6.07) is 0. The van der Waals surface area contributed by atoms with E-state index in [9.17, 15) is 0 Å². The number of hydrogen-bond donors (Lipinski definition) is 0. The monoisotopic (exact) mass is 128 g/mol. The molecule has 3 heteroatoms. The van der Waals surface area contributed by atoms with Crippen molar-refractivity contribution in [1.82, 2.24) is 0 Å². The Bertz CT molecular complexity index is 8.00. The van der Waals surface area contributed by atoms with Crippen molar-refractivity contribution in [2.45, 2.75) is 0 Å². The molecule has 0 fully saturated rings. The molecule has 0 bridgehead atoms. The van der Waals surface area contributed by atoms with Crippen molar-refractivity contribution >= 4 is 12.4 Å². The van der Waals surface area contributed by atoms with Crippen LogP contribution in [0.25, 0.3) is 0 Å². The Hall–Kier alpha value is 0.873. The minimum absolute atomic E-state index is 0. The summed E-state index contributed by atoms with van der Waals surface area (Å²) in [6.45, 7) is 0. The molecule has 0 unspecified atom stereocenters. The van der Waals surface area contributed by atoms with Crippen LogP contribution in [0.4, 0.5) is 0 Å². The molecule has 0 atom stereocenters. The van der Waals surface area contributed by atoms with Crippen LogP contribution in [0.1, 0.15) is 0 Å². The van der Waals surface area contributed by atoms with Gasteiger partial charge in [0.2, 0.25) is 0 Å². The normalized spacial score (nSPS) is 0. The average Bonchev–Trinajstić information content (AvgIpc) is 0. The molecule has 0 saturated heterocycles. The standard InChI is InChI=1S/C.ClH.O.Zn/h;1H;;.